The van der Waals surface area contributed by atoms with E-state index >= 15 is 0 Å². The Morgan fingerprint density at radius 1 is 1.18 bits per heavy atom. The number of carbonyl (C=O) groups is 2. The van der Waals surface area contributed by atoms with E-state index in [9.17, 15) is 9.59 Å². The van der Waals surface area contributed by atoms with Crippen molar-refractivity contribution < 1.29 is 14.3 Å². The number of nitrogens with zero attached hydrogens (tertiary/aromatic N) is 1. The van der Waals surface area contributed by atoms with Gasteiger partial charge in [0.1, 0.15) is 0 Å². The largest absolute Gasteiger partial charge is 0.379 e. The number of likely N-dealkylation sites (tertiary alicyclic amines) is 1. The zero-order chi connectivity index (χ0) is 19.7. The summed E-state index contributed by atoms with van der Waals surface area (Å²) in [5.74, 6) is 0.377. The van der Waals surface area contributed by atoms with E-state index in [-0.39, 0.29) is 41.7 Å². The molecule has 0 aromatic heterocycles. The van der Waals surface area contributed by atoms with E-state index in [0.717, 1.165) is 32.1 Å². The highest BCUT2D eigenvalue weighted by Crippen LogP contribution is 2.39. The molecule has 6 nitrogen and oxygen atoms in total. The summed E-state index contributed by atoms with van der Waals surface area (Å²) in [7, 11) is 0. The summed E-state index contributed by atoms with van der Waals surface area (Å²) in [6.45, 7) is 7.34. The lowest BCUT2D eigenvalue weighted by atomic mass is 9.71. The Morgan fingerprint density at radius 2 is 1.82 bits per heavy atom. The second kappa shape index (κ2) is 12.7. The molecule has 28 heavy (non-hydrogen) atoms. The van der Waals surface area contributed by atoms with Gasteiger partial charge in [-0.1, -0.05) is 19.3 Å². The van der Waals surface area contributed by atoms with Crippen LogP contribution in [0.4, 0.5) is 0 Å². The second-order valence-corrected chi connectivity index (χ2v) is 8.66. The number of piperidine rings is 1. The summed E-state index contributed by atoms with van der Waals surface area (Å²) < 4.78 is 5.48. The maximum Gasteiger partial charge on any atom is 0.223 e. The minimum atomic E-state index is 0. The molecule has 1 aliphatic carbocycles. The molecule has 1 saturated carbocycles. The molecule has 0 aromatic carbocycles. The van der Waals surface area contributed by atoms with Gasteiger partial charge in [0, 0.05) is 38.6 Å². The number of hydrogen-bond acceptors (Lipinski definition) is 4. The molecule has 0 unspecified atom stereocenters. The number of rotatable bonds is 9. The first kappa shape index (κ1) is 25.2. The van der Waals surface area contributed by atoms with Crippen molar-refractivity contribution in [3.63, 3.8) is 0 Å². The minimum Gasteiger partial charge on any atom is -0.379 e. The highest BCUT2D eigenvalue weighted by Gasteiger charge is 2.35. The van der Waals surface area contributed by atoms with E-state index in [2.05, 4.69) is 5.32 Å². The van der Waals surface area contributed by atoms with E-state index in [1.54, 1.807) is 0 Å². The fourth-order valence-corrected chi connectivity index (χ4v) is 4.33. The van der Waals surface area contributed by atoms with E-state index in [1.807, 2.05) is 18.7 Å². The standard InChI is InChI=1S/C21H39N3O3.ClH/c1-17(2)27-14-6-11-23-20(26)18-7-12-24(13-8-18)19(25)15-21(16-22)9-4-3-5-10-21;/h17-18H,3-16,22H2,1-2H3,(H,23,26);1H. The van der Waals surface area contributed by atoms with Gasteiger partial charge in [-0.15, -0.1) is 12.4 Å². The molecule has 0 atom stereocenters. The van der Waals surface area contributed by atoms with E-state index in [4.69, 9.17) is 10.5 Å². The summed E-state index contributed by atoms with van der Waals surface area (Å²) >= 11 is 0. The molecular weight excluding hydrogens is 378 g/mol. The molecule has 3 N–H and O–H groups in total. The maximum absolute atomic E-state index is 12.8. The summed E-state index contributed by atoms with van der Waals surface area (Å²) in [5, 5.41) is 3.01. The Kier molecular flexibility index (Phi) is 11.4. The third-order valence-corrected chi connectivity index (χ3v) is 6.16. The molecule has 164 valence electrons. The van der Waals surface area contributed by atoms with Crippen LogP contribution >= 0.6 is 12.4 Å². The van der Waals surface area contributed by atoms with Gasteiger partial charge in [0.05, 0.1) is 6.10 Å². The summed E-state index contributed by atoms with van der Waals surface area (Å²) in [6, 6.07) is 0. The van der Waals surface area contributed by atoms with Gasteiger partial charge in [0.15, 0.2) is 0 Å². The molecule has 0 aromatic rings. The number of ether oxygens (including phenoxy) is 1. The van der Waals surface area contributed by atoms with Crippen molar-refractivity contribution in [2.24, 2.45) is 17.1 Å². The third-order valence-electron chi connectivity index (χ3n) is 6.16. The number of nitrogens with one attached hydrogen (secondary N) is 1. The smallest absolute Gasteiger partial charge is 0.223 e. The van der Waals surface area contributed by atoms with Crippen molar-refractivity contribution in [1.82, 2.24) is 10.2 Å². The van der Waals surface area contributed by atoms with Crippen LogP contribution in [0.25, 0.3) is 0 Å². The predicted molar refractivity (Wildman–Crippen MR) is 114 cm³/mol. The molecular formula is C21H40ClN3O3. The zero-order valence-electron chi connectivity index (χ0n) is 17.7. The van der Waals surface area contributed by atoms with Gasteiger partial charge in [0.2, 0.25) is 11.8 Å². The number of carbonyl (C=O) groups excluding carboxylic acids is 2. The normalized spacial score (nSPS) is 19.9. The topological polar surface area (TPSA) is 84.7 Å². The second-order valence-electron chi connectivity index (χ2n) is 8.66. The van der Waals surface area contributed by atoms with Crippen LogP contribution in [0.3, 0.4) is 0 Å². The molecule has 2 fully saturated rings. The van der Waals surface area contributed by atoms with Gasteiger partial charge >= 0.3 is 0 Å². The molecule has 2 amide bonds. The molecule has 0 radical (unpaired) electrons. The molecule has 1 heterocycles. The SMILES string of the molecule is CC(C)OCCCNC(=O)C1CCN(C(=O)CC2(CN)CCCCC2)CC1.Cl. The molecule has 2 aliphatic rings. The van der Waals surface area contributed by atoms with Crippen molar-refractivity contribution in [1.29, 1.82) is 0 Å². The molecule has 2 rings (SSSR count). The van der Waals surface area contributed by atoms with E-state index in [0.29, 0.717) is 39.2 Å². The van der Waals surface area contributed by atoms with Crippen molar-refractivity contribution in [2.45, 2.75) is 77.7 Å². The first-order chi connectivity index (χ1) is 13.0. The van der Waals surface area contributed by atoms with Crippen LogP contribution in [0.5, 0.6) is 0 Å². The van der Waals surface area contributed by atoms with E-state index in [1.165, 1.54) is 19.3 Å². The Bertz CT molecular complexity index is 474. The van der Waals surface area contributed by atoms with Gasteiger partial charge in [-0.05, 0) is 57.9 Å². The number of amides is 2. The van der Waals surface area contributed by atoms with Crippen LogP contribution in [0.15, 0.2) is 0 Å². The molecule has 1 aliphatic heterocycles. The van der Waals surface area contributed by atoms with E-state index < -0.39 is 0 Å². The van der Waals surface area contributed by atoms with Crippen LogP contribution in [0.1, 0.15) is 71.6 Å². The third kappa shape index (κ3) is 7.88. The minimum absolute atomic E-state index is 0. The van der Waals surface area contributed by atoms with Gasteiger partial charge in [-0.3, -0.25) is 9.59 Å². The van der Waals surface area contributed by atoms with Crippen LogP contribution in [-0.2, 0) is 14.3 Å². The predicted octanol–water partition coefficient (Wildman–Crippen LogP) is 2.88. The Labute approximate surface area is 176 Å². The lowest BCUT2D eigenvalue weighted by Crippen LogP contribution is -2.46. The van der Waals surface area contributed by atoms with Crippen LogP contribution in [0, 0.1) is 11.3 Å². The van der Waals surface area contributed by atoms with Gasteiger partial charge in [0.25, 0.3) is 0 Å². The number of hydrogen-bond donors (Lipinski definition) is 2. The average molecular weight is 418 g/mol. The molecule has 0 spiro atoms. The van der Waals surface area contributed by atoms with Crippen molar-refractivity contribution in [3.05, 3.63) is 0 Å². The van der Waals surface area contributed by atoms with Crippen LogP contribution < -0.4 is 11.1 Å². The summed E-state index contributed by atoms with van der Waals surface area (Å²) in [4.78, 5) is 27.0. The Morgan fingerprint density at radius 3 is 2.39 bits per heavy atom. The molecule has 0 bridgehead atoms. The zero-order valence-corrected chi connectivity index (χ0v) is 18.5. The fourth-order valence-electron chi connectivity index (χ4n) is 4.33. The van der Waals surface area contributed by atoms with Gasteiger partial charge in [-0.25, -0.2) is 0 Å². The summed E-state index contributed by atoms with van der Waals surface area (Å²) in [6.07, 6.45) is 8.96. The lowest BCUT2D eigenvalue weighted by molar-refractivity contribution is -0.138. The summed E-state index contributed by atoms with van der Waals surface area (Å²) in [5.41, 5.74) is 6.05. The first-order valence-corrected chi connectivity index (χ1v) is 10.8. The van der Waals surface area contributed by atoms with Crippen molar-refractivity contribution in [2.75, 3.05) is 32.8 Å². The maximum atomic E-state index is 12.8. The number of halogens is 1. The monoisotopic (exact) mass is 417 g/mol. The Balaban J connectivity index is 0.00000392. The van der Waals surface area contributed by atoms with Crippen molar-refractivity contribution >= 4 is 24.2 Å². The molecule has 7 heteroatoms. The highest BCUT2D eigenvalue weighted by molar-refractivity contribution is 5.85. The van der Waals surface area contributed by atoms with Gasteiger partial charge in [-0.2, -0.15) is 0 Å². The highest BCUT2D eigenvalue weighted by atomic mass is 35.5. The Hall–Kier alpha value is -0.850. The van der Waals surface area contributed by atoms with Crippen molar-refractivity contribution in [3.8, 4) is 0 Å². The van der Waals surface area contributed by atoms with Crippen LogP contribution in [0.2, 0.25) is 0 Å². The quantitative estimate of drug-likeness (QED) is 0.565. The lowest BCUT2D eigenvalue weighted by Gasteiger charge is -2.38. The van der Waals surface area contributed by atoms with Gasteiger partial charge < -0.3 is 20.7 Å². The molecule has 1 saturated heterocycles. The number of nitrogens with two attached hydrogens (primary N) is 1. The average Bonchev–Trinajstić information content (AvgIpc) is 2.68. The van der Waals surface area contributed by atoms with Crippen LogP contribution in [-0.4, -0.2) is 55.6 Å². The first-order valence-electron chi connectivity index (χ1n) is 10.8. The fraction of sp³-hybridized carbons (Fsp3) is 0.905.